The zero-order chi connectivity index (χ0) is 16.1. The van der Waals surface area contributed by atoms with Gasteiger partial charge in [0.2, 0.25) is 5.91 Å². The van der Waals surface area contributed by atoms with E-state index in [9.17, 15) is 9.59 Å². The second-order valence-electron chi connectivity index (χ2n) is 7.53. The van der Waals surface area contributed by atoms with E-state index in [-0.39, 0.29) is 18.0 Å². The first-order valence-corrected chi connectivity index (χ1v) is 9.58. The zero-order valence-corrected chi connectivity index (χ0v) is 14.2. The number of piperidine rings is 1. The van der Waals surface area contributed by atoms with Crippen molar-refractivity contribution in [3.63, 3.8) is 0 Å². The van der Waals surface area contributed by atoms with Gasteiger partial charge in [-0.15, -0.1) is 0 Å². The molecule has 1 heterocycles. The first-order chi connectivity index (χ1) is 11.2. The molecular weight excluding hydrogens is 290 g/mol. The lowest BCUT2D eigenvalue weighted by Gasteiger charge is -2.35. The third kappa shape index (κ3) is 4.61. The van der Waals surface area contributed by atoms with Gasteiger partial charge < -0.3 is 15.5 Å². The molecule has 0 aromatic heterocycles. The minimum absolute atomic E-state index is 0.0195. The molecule has 0 aromatic carbocycles. The normalized spacial score (nSPS) is 24.6. The van der Waals surface area contributed by atoms with Crippen molar-refractivity contribution in [2.45, 2.75) is 82.7 Å². The number of hydrogen-bond donors (Lipinski definition) is 2. The van der Waals surface area contributed by atoms with E-state index in [2.05, 4.69) is 10.6 Å². The highest BCUT2D eigenvalue weighted by Gasteiger charge is 2.29. The van der Waals surface area contributed by atoms with E-state index in [1.807, 2.05) is 4.90 Å². The van der Waals surface area contributed by atoms with Crippen LogP contribution in [0.15, 0.2) is 0 Å². The molecule has 3 rings (SSSR count). The predicted octanol–water partition coefficient (Wildman–Crippen LogP) is 2.80. The lowest BCUT2D eigenvalue weighted by molar-refractivity contribution is -0.137. The Hall–Kier alpha value is -1.26. The molecule has 2 saturated carbocycles. The fourth-order valence-corrected chi connectivity index (χ4v) is 4.33. The van der Waals surface area contributed by atoms with E-state index in [4.69, 9.17) is 0 Å². The van der Waals surface area contributed by atoms with Gasteiger partial charge in [0.15, 0.2) is 0 Å². The molecular formula is C18H31N3O2. The van der Waals surface area contributed by atoms with Crippen LogP contribution in [0.2, 0.25) is 0 Å². The maximum Gasteiger partial charge on any atom is 0.315 e. The summed E-state index contributed by atoms with van der Waals surface area (Å²) in [6, 6.07) is 0.559. The largest absolute Gasteiger partial charge is 0.342 e. The van der Waals surface area contributed by atoms with Crippen molar-refractivity contribution >= 4 is 11.9 Å². The Morgan fingerprint density at radius 2 is 1.22 bits per heavy atom. The molecule has 3 fully saturated rings. The Labute approximate surface area is 139 Å². The Morgan fingerprint density at radius 1 is 0.696 bits per heavy atom. The number of nitrogens with zero attached hydrogens (tertiary/aromatic N) is 1. The molecule has 0 radical (unpaired) electrons. The minimum atomic E-state index is -0.0195. The molecule has 0 atom stereocenters. The molecule has 130 valence electrons. The summed E-state index contributed by atoms with van der Waals surface area (Å²) in [6.45, 7) is 1.59. The smallest absolute Gasteiger partial charge is 0.315 e. The van der Waals surface area contributed by atoms with Crippen LogP contribution >= 0.6 is 0 Å². The van der Waals surface area contributed by atoms with E-state index in [1.54, 1.807) is 0 Å². The first kappa shape index (κ1) is 16.6. The predicted molar refractivity (Wildman–Crippen MR) is 90.1 cm³/mol. The monoisotopic (exact) mass is 321 g/mol. The number of nitrogens with one attached hydrogen (secondary N) is 2. The molecule has 0 unspecified atom stereocenters. The standard InChI is InChI=1S/C18H31N3O2/c22-17(14-6-2-1-3-7-14)21-12-10-16(11-13-21)20-18(23)19-15-8-4-5-9-15/h14-16H,1-13H2,(H2,19,20,23). The maximum atomic E-state index is 12.5. The second kappa shape index (κ2) is 8.02. The SMILES string of the molecule is O=C(NC1CCCC1)NC1CCN(C(=O)C2CCCCC2)CC1. The van der Waals surface area contributed by atoms with Crippen LogP contribution in [0.4, 0.5) is 4.79 Å². The fraction of sp³-hybridized carbons (Fsp3) is 0.889. The lowest BCUT2D eigenvalue weighted by atomic mass is 9.87. The van der Waals surface area contributed by atoms with Gasteiger partial charge in [0, 0.05) is 31.1 Å². The van der Waals surface area contributed by atoms with Crippen molar-refractivity contribution in [3.05, 3.63) is 0 Å². The van der Waals surface area contributed by atoms with Crippen molar-refractivity contribution in [2.24, 2.45) is 5.92 Å². The molecule has 2 N–H and O–H groups in total. The molecule has 1 saturated heterocycles. The van der Waals surface area contributed by atoms with Crippen LogP contribution in [-0.4, -0.2) is 42.0 Å². The molecule has 2 aliphatic carbocycles. The lowest BCUT2D eigenvalue weighted by Crippen LogP contribution is -2.51. The zero-order valence-electron chi connectivity index (χ0n) is 14.2. The number of carbonyl (C=O) groups is 2. The van der Waals surface area contributed by atoms with Gasteiger partial charge in [0.25, 0.3) is 0 Å². The number of amides is 3. The maximum absolute atomic E-state index is 12.5. The third-order valence-corrected chi connectivity index (χ3v) is 5.79. The van der Waals surface area contributed by atoms with Gasteiger partial charge in [0.05, 0.1) is 0 Å². The summed E-state index contributed by atoms with van der Waals surface area (Å²) in [5, 5.41) is 6.18. The van der Waals surface area contributed by atoms with Gasteiger partial charge in [-0.2, -0.15) is 0 Å². The Bertz CT molecular complexity index is 406. The molecule has 1 aliphatic heterocycles. The van der Waals surface area contributed by atoms with Gasteiger partial charge in [0.1, 0.15) is 0 Å². The van der Waals surface area contributed by atoms with Crippen LogP contribution in [0.5, 0.6) is 0 Å². The summed E-state index contributed by atoms with van der Waals surface area (Å²) in [6.07, 6.45) is 12.3. The van der Waals surface area contributed by atoms with Gasteiger partial charge in [-0.05, 0) is 38.5 Å². The molecule has 23 heavy (non-hydrogen) atoms. The van der Waals surface area contributed by atoms with Gasteiger partial charge in [-0.1, -0.05) is 32.1 Å². The van der Waals surface area contributed by atoms with E-state index in [1.165, 1.54) is 32.1 Å². The molecule has 3 aliphatic rings. The Morgan fingerprint density at radius 3 is 1.83 bits per heavy atom. The molecule has 3 amide bonds. The van der Waals surface area contributed by atoms with Crippen LogP contribution in [-0.2, 0) is 4.79 Å². The van der Waals surface area contributed by atoms with E-state index < -0.39 is 0 Å². The average molecular weight is 321 g/mol. The topological polar surface area (TPSA) is 61.4 Å². The van der Waals surface area contributed by atoms with Crippen molar-refractivity contribution < 1.29 is 9.59 Å². The van der Waals surface area contributed by atoms with Crippen molar-refractivity contribution in [1.82, 2.24) is 15.5 Å². The number of carbonyl (C=O) groups excluding carboxylic acids is 2. The first-order valence-electron chi connectivity index (χ1n) is 9.58. The summed E-state index contributed by atoms with van der Waals surface area (Å²) in [5.41, 5.74) is 0. The minimum Gasteiger partial charge on any atom is -0.342 e. The highest BCUT2D eigenvalue weighted by Crippen LogP contribution is 2.26. The number of rotatable bonds is 3. The van der Waals surface area contributed by atoms with Crippen molar-refractivity contribution in [3.8, 4) is 0 Å². The molecule has 5 nitrogen and oxygen atoms in total. The summed E-state index contributed by atoms with van der Waals surface area (Å²) in [7, 11) is 0. The molecule has 0 aromatic rings. The molecule has 0 spiro atoms. The number of hydrogen-bond acceptors (Lipinski definition) is 2. The number of likely N-dealkylation sites (tertiary alicyclic amines) is 1. The van der Waals surface area contributed by atoms with Gasteiger partial charge in [-0.25, -0.2) is 4.79 Å². The van der Waals surface area contributed by atoms with Gasteiger partial charge in [-0.3, -0.25) is 4.79 Å². The van der Waals surface area contributed by atoms with Crippen molar-refractivity contribution in [2.75, 3.05) is 13.1 Å². The van der Waals surface area contributed by atoms with Crippen LogP contribution in [0.1, 0.15) is 70.6 Å². The van der Waals surface area contributed by atoms with Crippen molar-refractivity contribution in [1.29, 1.82) is 0 Å². The van der Waals surface area contributed by atoms with E-state index in [0.717, 1.165) is 51.6 Å². The van der Waals surface area contributed by atoms with Crippen LogP contribution in [0.25, 0.3) is 0 Å². The van der Waals surface area contributed by atoms with Gasteiger partial charge >= 0.3 is 6.03 Å². The summed E-state index contributed by atoms with van der Waals surface area (Å²) in [5.74, 6) is 0.623. The molecule has 0 bridgehead atoms. The van der Waals surface area contributed by atoms with E-state index in [0.29, 0.717) is 11.9 Å². The van der Waals surface area contributed by atoms with Crippen LogP contribution in [0.3, 0.4) is 0 Å². The highest BCUT2D eigenvalue weighted by molar-refractivity contribution is 5.79. The average Bonchev–Trinajstić information content (AvgIpc) is 3.08. The van der Waals surface area contributed by atoms with Crippen LogP contribution < -0.4 is 10.6 Å². The van der Waals surface area contributed by atoms with E-state index >= 15 is 0 Å². The fourth-order valence-electron chi connectivity index (χ4n) is 4.33. The number of urea groups is 1. The molecule has 5 heteroatoms. The van der Waals surface area contributed by atoms with Crippen LogP contribution in [0, 0.1) is 5.92 Å². The third-order valence-electron chi connectivity index (χ3n) is 5.79. The summed E-state index contributed by atoms with van der Waals surface area (Å²) >= 11 is 0. The summed E-state index contributed by atoms with van der Waals surface area (Å²) < 4.78 is 0. The highest BCUT2D eigenvalue weighted by atomic mass is 16.2. The Kier molecular flexibility index (Phi) is 5.79. The second-order valence-corrected chi connectivity index (χ2v) is 7.53. The quantitative estimate of drug-likeness (QED) is 0.839. The summed E-state index contributed by atoms with van der Waals surface area (Å²) in [4.78, 5) is 26.6. The Balaban J connectivity index is 1.37.